The van der Waals surface area contributed by atoms with Gasteiger partial charge in [-0.3, -0.25) is 9.59 Å². The van der Waals surface area contributed by atoms with Crippen molar-refractivity contribution in [3.63, 3.8) is 0 Å². The van der Waals surface area contributed by atoms with E-state index in [4.69, 9.17) is 4.74 Å². The molecule has 7 heteroatoms. The van der Waals surface area contributed by atoms with Crippen LogP contribution < -0.4 is 4.74 Å². The maximum atomic E-state index is 13.2. The van der Waals surface area contributed by atoms with E-state index in [1.165, 1.54) is 11.8 Å². The van der Waals surface area contributed by atoms with Crippen molar-refractivity contribution < 1.29 is 14.3 Å². The first-order valence-corrected chi connectivity index (χ1v) is 11.3. The predicted molar refractivity (Wildman–Crippen MR) is 124 cm³/mol. The Balaban J connectivity index is 1.43. The lowest BCUT2D eigenvalue weighted by molar-refractivity contribution is 0.0533. The molecule has 0 atom stereocenters. The fourth-order valence-corrected chi connectivity index (χ4v) is 4.55. The highest BCUT2D eigenvalue weighted by molar-refractivity contribution is 7.99. The van der Waals surface area contributed by atoms with E-state index in [0.29, 0.717) is 48.1 Å². The minimum Gasteiger partial charge on any atom is -0.496 e. The Kier molecular flexibility index (Phi) is 6.75. The minimum atomic E-state index is -0.0550. The van der Waals surface area contributed by atoms with Crippen molar-refractivity contribution in [3.05, 3.63) is 83.6 Å². The number of benzene rings is 2. The number of carbonyl (C=O) groups excluding carboxylic acids is 2. The molecule has 6 nitrogen and oxygen atoms in total. The molecule has 2 amide bonds. The molecule has 3 aromatic rings. The Morgan fingerprint density at radius 3 is 2.28 bits per heavy atom. The second-order valence-electron chi connectivity index (χ2n) is 7.54. The van der Waals surface area contributed by atoms with Crippen LogP contribution in [0.25, 0.3) is 0 Å². The molecule has 0 N–H and O–H groups in total. The summed E-state index contributed by atoms with van der Waals surface area (Å²) in [6.45, 7) is 3.89. The lowest BCUT2D eigenvalue weighted by Gasteiger charge is -2.35. The molecular weight excluding hydrogens is 422 g/mol. The second-order valence-corrected chi connectivity index (χ2v) is 8.60. The number of nitrogens with zero attached hydrogens (tertiary/aromatic N) is 3. The number of carbonyl (C=O) groups is 2. The van der Waals surface area contributed by atoms with Crippen LogP contribution in [-0.4, -0.2) is 59.9 Å². The molecule has 0 aliphatic carbocycles. The molecule has 4 rings (SSSR count). The summed E-state index contributed by atoms with van der Waals surface area (Å²) in [6, 6.07) is 19.0. The number of ether oxygens (including phenoxy) is 1. The van der Waals surface area contributed by atoms with Crippen molar-refractivity contribution in [3.8, 4) is 5.75 Å². The van der Waals surface area contributed by atoms with Crippen molar-refractivity contribution in [2.45, 2.75) is 16.8 Å². The first-order chi connectivity index (χ1) is 15.6. The standard InChI is InChI=1S/C25H25N3O3S/c1-18-10-11-19(17-22(18)31-2)24(29)27-13-15-28(16-14-27)25(30)21-9-6-12-26-23(21)32-20-7-4-3-5-8-20/h3-12,17H,13-16H2,1-2H3. The summed E-state index contributed by atoms with van der Waals surface area (Å²) >= 11 is 1.48. The number of pyridine rings is 1. The Hall–Kier alpha value is -3.32. The SMILES string of the molecule is COc1cc(C(=O)N2CCN(C(=O)c3cccnc3Sc3ccccc3)CC2)ccc1C. The molecule has 0 unspecified atom stereocenters. The Morgan fingerprint density at radius 1 is 0.906 bits per heavy atom. The van der Waals surface area contributed by atoms with Crippen LogP contribution in [0.4, 0.5) is 0 Å². The van der Waals surface area contributed by atoms with Crippen molar-refractivity contribution in [2.24, 2.45) is 0 Å². The van der Waals surface area contributed by atoms with Gasteiger partial charge in [0.05, 0.1) is 12.7 Å². The van der Waals surface area contributed by atoms with E-state index in [9.17, 15) is 9.59 Å². The van der Waals surface area contributed by atoms with Crippen molar-refractivity contribution >= 4 is 23.6 Å². The smallest absolute Gasteiger partial charge is 0.256 e. The van der Waals surface area contributed by atoms with Gasteiger partial charge >= 0.3 is 0 Å². The van der Waals surface area contributed by atoms with Gasteiger partial charge in [0.15, 0.2) is 0 Å². The summed E-state index contributed by atoms with van der Waals surface area (Å²) < 4.78 is 5.34. The summed E-state index contributed by atoms with van der Waals surface area (Å²) in [5.74, 6) is 0.599. The first-order valence-electron chi connectivity index (χ1n) is 10.5. The van der Waals surface area contributed by atoms with Crippen LogP contribution in [0.3, 0.4) is 0 Å². The topological polar surface area (TPSA) is 62.7 Å². The third-order valence-electron chi connectivity index (χ3n) is 5.47. The predicted octanol–water partition coefficient (Wildman–Crippen LogP) is 4.15. The monoisotopic (exact) mass is 447 g/mol. The van der Waals surface area contributed by atoms with Gasteiger partial charge < -0.3 is 14.5 Å². The molecular formula is C25H25N3O3S. The van der Waals surface area contributed by atoms with Gasteiger partial charge in [-0.25, -0.2) is 4.98 Å². The van der Waals surface area contributed by atoms with Crippen molar-refractivity contribution in [1.29, 1.82) is 0 Å². The number of hydrogen-bond acceptors (Lipinski definition) is 5. The zero-order chi connectivity index (χ0) is 22.5. The molecule has 1 fully saturated rings. The van der Waals surface area contributed by atoms with E-state index < -0.39 is 0 Å². The van der Waals surface area contributed by atoms with Crippen LogP contribution in [0.15, 0.2) is 76.8 Å². The molecule has 1 aliphatic rings. The number of rotatable bonds is 5. The van der Waals surface area contributed by atoms with Gasteiger partial charge in [-0.2, -0.15) is 0 Å². The van der Waals surface area contributed by atoms with Crippen LogP contribution in [0.1, 0.15) is 26.3 Å². The van der Waals surface area contributed by atoms with Gasteiger partial charge in [-0.15, -0.1) is 0 Å². The molecule has 0 radical (unpaired) electrons. The fourth-order valence-electron chi connectivity index (χ4n) is 3.65. The van der Waals surface area contributed by atoms with Gasteiger partial charge in [0.25, 0.3) is 11.8 Å². The van der Waals surface area contributed by atoms with E-state index in [0.717, 1.165) is 10.5 Å². The van der Waals surface area contributed by atoms with E-state index in [-0.39, 0.29) is 11.8 Å². The molecule has 1 aliphatic heterocycles. The number of amides is 2. The summed E-state index contributed by atoms with van der Waals surface area (Å²) in [7, 11) is 1.60. The quantitative estimate of drug-likeness (QED) is 0.588. The fraction of sp³-hybridized carbons (Fsp3) is 0.240. The van der Waals surface area contributed by atoms with Crippen LogP contribution >= 0.6 is 11.8 Å². The van der Waals surface area contributed by atoms with E-state index in [1.807, 2.05) is 55.5 Å². The van der Waals surface area contributed by atoms with Crippen molar-refractivity contribution in [2.75, 3.05) is 33.3 Å². The number of hydrogen-bond donors (Lipinski definition) is 0. The number of aryl methyl sites for hydroxylation is 1. The third-order valence-corrected chi connectivity index (χ3v) is 6.49. The highest BCUT2D eigenvalue weighted by Crippen LogP contribution is 2.29. The maximum Gasteiger partial charge on any atom is 0.256 e. The molecule has 1 saturated heterocycles. The molecule has 1 aromatic heterocycles. The van der Waals surface area contributed by atoms with Gasteiger partial charge in [-0.05, 0) is 48.9 Å². The molecule has 0 spiro atoms. The Morgan fingerprint density at radius 2 is 1.59 bits per heavy atom. The van der Waals surface area contributed by atoms with Crippen LogP contribution in [0.5, 0.6) is 5.75 Å². The van der Waals surface area contributed by atoms with Gasteiger partial charge in [-0.1, -0.05) is 36.0 Å². The number of aromatic nitrogens is 1. The normalized spacial score (nSPS) is 13.7. The summed E-state index contributed by atoms with van der Waals surface area (Å²) in [5.41, 5.74) is 2.17. The lowest BCUT2D eigenvalue weighted by atomic mass is 10.1. The average Bonchev–Trinajstić information content (AvgIpc) is 2.84. The molecule has 2 aromatic carbocycles. The van der Waals surface area contributed by atoms with Crippen LogP contribution in [0.2, 0.25) is 0 Å². The van der Waals surface area contributed by atoms with Gasteiger partial charge in [0.1, 0.15) is 10.8 Å². The third kappa shape index (κ3) is 4.78. The Bertz CT molecular complexity index is 1110. The number of methoxy groups -OCH3 is 1. The zero-order valence-electron chi connectivity index (χ0n) is 18.2. The highest BCUT2D eigenvalue weighted by Gasteiger charge is 2.27. The Labute approximate surface area is 192 Å². The van der Waals surface area contributed by atoms with Crippen LogP contribution in [0, 0.1) is 6.92 Å². The summed E-state index contributed by atoms with van der Waals surface area (Å²) in [6.07, 6.45) is 1.70. The molecule has 164 valence electrons. The highest BCUT2D eigenvalue weighted by atomic mass is 32.2. The van der Waals surface area contributed by atoms with Crippen molar-refractivity contribution in [1.82, 2.24) is 14.8 Å². The first kappa shape index (κ1) is 21.9. The lowest BCUT2D eigenvalue weighted by Crippen LogP contribution is -2.50. The molecule has 2 heterocycles. The average molecular weight is 448 g/mol. The summed E-state index contributed by atoms with van der Waals surface area (Å²) in [5, 5.41) is 0.689. The number of piperazine rings is 1. The van der Waals surface area contributed by atoms with E-state index in [2.05, 4.69) is 4.98 Å². The van der Waals surface area contributed by atoms with Gasteiger partial charge in [0, 0.05) is 42.8 Å². The molecule has 0 bridgehead atoms. The summed E-state index contributed by atoms with van der Waals surface area (Å²) in [4.78, 5) is 35.2. The van der Waals surface area contributed by atoms with E-state index in [1.54, 1.807) is 35.2 Å². The second kappa shape index (κ2) is 9.87. The maximum absolute atomic E-state index is 13.2. The van der Waals surface area contributed by atoms with Crippen LogP contribution in [-0.2, 0) is 0 Å². The largest absolute Gasteiger partial charge is 0.496 e. The van der Waals surface area contributed by atoms with E-state index >= 15 is 0 Å². The zero-order valence-corrected chi connectivity index (χ0v) is 19.0. The molecule has 32 heavy (non-hydrogen) atoms. The minimum absolute atomic E-state index is 0.0444. The van der Waals surface area contributed by atoms with Gasteiger partial charge in [0.2, 0.25) is 0 Å². The molecule has 0 saturated carbocycles.